The lowest BCUT2D eigenvalue weighted by Crippen LogP contribution is -2.36. The third kappa shape index (κ3) is 3.02. The zero-order valence-electron chi connectivity index (χ0n) is 15.0. The Morgan fingerprint density at radius 3 is 2.77 bits per heavy atom. The fraction of sp³-hybridized carbons (Fsp3) is 0.737. The van der Waals surface area contributed by atoms with Gasteiger partial charge in [-0.2, -0.15) is 0 Å². The van der Waals surface area contributed by atoms with Crippen molar-refractivity contribution in [1.29, 1.82) is 0 Å². The van der Waals surface area contributed by atoms with E-state index in [0.717, 1.165) is 50.8 Å². The van der Waals surface area contributed by atoms with Crippen LogP contribution < -0.4 is 5.32 Å². The lowest BCUT2D eigenvalue weighted by molar-refractivity contribution is -0.134. The van der Waals surface area contributed by atoms with Crippen LogP contribution in [-0.2, 0) is 33.8 Å². The topological polar surface area (TPSA) is 76.5 Å². The highest BCUT2D eigenvalue weighted by atomic mass is 16.5. The number of carbonyl (C=O) groups is 2. The average Bonchev–Trinajstić information content (AvgIpc) is 3.51. The van der Waals surface area contributed by atoms with Crippen molar-refractivity contribution < 1.29 is 14.3 Å². The van der Waals surface area contributed by atoms with Crippen molar-refractivity contribution in [3.63, 3.8) is 0 Å². The summed E-state index contributed by atoms with van der Waals surface area (Å²) < 4.78 is 7.59. The quantitative estimate of drug-likeness (QED) is 0.835. The number of nitrogens with one attached hydrogen (secondary N) is 1. The molecule has 0 radical (unpaired) electrons. The van der Waals surface area contributed by atoms with Gasteiger partial charge < -0.3 is 19.5 Å². The third-order valence-corrected chi connectivity index (χ3v) is 6.41. The smallest absolute Gasteiger partial charge is 0.226 e. The maximum Gasteiger partial charge on any atom is 0.226 e. The Labute approximate surface area is 153 Å². The standard InChI is InChI=1S/C19H26N4O3/c24-17(7-12-1-2-12)21-9-13-8-20-16-3-4-22(5-6-23(13)16)19(25)18-14-10-26-11-15(14)18/h8,12,14-15,18H,1-7,9-11H2,(H,21,24)/t14-,15+,18?. The minimum atomic E-state index is 0.135. The molecule has 1 aromatic heterocycles. The lowest BCUT2D eigenvalue weighted by atomic mass is 10.2. The summed E-state index contributed by atoms with van der Waals surface area (Å²) in [7, 11) is 0. The third-order valence-electron chi connectivity index (χ3n) is 6.41. The maximum atomic E-state index is 12.8. The molecule has 1 N–H and O–H groups in total. The molecule has 3 fully saturated rings. The van der Waals surface area contributed by atoms with E-state index in [1.807, 2.05) is 11.1 Å². The fourth-order valence-corrected chi connectivity index (χ4v) is 4.52. The molecule has 3 atom stereocenters. The number of hydrogen-bond acceptors (Lipinski definition) is 4. The zero-order valence-corrected chi connectivity index (χ0v) is 15.0. The van der Waals surface area contributed by atoms with Gasteiger partial charge in [-0.1, -0.05) is 0 Å². The van der Waals surface area contributed by atoms with E-state index in [-0.39, 0.29) is 11.8 Å². The Bertz CT molecular complexity index is 716. The minimum Gasteiger partial charge on any atom is -0.381 e. The maximum absolute atomic E-state index is 12.8. The van der Waals surface area contributed by atoms with Crippen LogP contribution in [0.5, 0.6) is 0 Å². The van der Waals surface area contributed by atoms with E-state index in [4.69, 9.17) is 4.74 Å². The molecule has 2 amide bonds. The van der Waals surface area contributed by atoms with Gasteiger partial charge in [-0.3, -0.25) is 9.59 Å². The number of nitrogens with zero attached hydrogens (tertiary/aromatic N) is 3. The second kappa shape index (κ2) is 6.37. The van der Waals surface area contributed by atoms with Crippen LogP contribution in [0, 0.1) is 23.7 Å². The molecule has 2 aliphatic carbocycles. The first-order chi connectivity index (χ1) is 12.7. The van der Waals surface area contributed by atoms with Crippen LogP contribution in [-0.4, -0.2) is 52.6 Å². The number of hydrogen-bond donors (Lipinski definition) is 1. The molecule has 140 valence electrons. The Kier molecular flexibility index (Phi) is 3.99. The van der Waals surface area contributed by atoms with Crippen molar-refractivity contribution in [3.8, 4) is 0 Å². The second-order valence-electron chi connectivity index (χ2n) is 8.21. The predicted octanol–water partition coefficient (Wildman–Crippen LogP) is 0.577. The summed E-state index contributed by atoms with van der Waals surface area (Å²) in [5.74, 6) is 3.16. The zero-order chi connectivity index (χ0) is 17.7. The summed E-state index contributed by atoms with van der Waals surface area (Å²) in [5.41, 5.74) is 1.04. The molecule has 2 aliphatic heterocycles. The predicted molar refractivity (Wildman–Crippen MR) is 93.0 cm³/mol. The van der Waals surface area contributed by atoms with Crippen LogP contribution in [0.15, 0.2) is 6.20 Å². The molecule has 0 spiro atoms. The Morgan fingerprint density at radius 1 is 1.19 bits per heavy atom. The minimum absolute atomic E-state index is 0.135. The summed E-state index contributed by atoms with van der Waals surface area (Å²) in [6, 6.07) is 0. The van der Waals surface area contributed by atoms with Gasteiger partial charge >= 0.3 is 0 Å². The van der Waals surface area contributed by atoms with Gasteiger partial charge in [0.15, 0.2) is 0 Å². The molecule has 1 aromatic rings. The molecule has 26 heavy (non-hydrogen) atoms. The number of imidazole rings is 1. The van der Waals surface area contributed by atoms with E-state index in [1.165, 1.54) is 12.8 Å². The molecule has 0 bridgehead atoms. The Morgan fingerprint density at radius 2 is 2.00 bits per heavy atom. The Hall–Kier alpha value is -1.89. The number of fused-ring (bicyclic) bond motifs is 2. The van der Waals surface area contributed by atoms with Crippen molar-refractivity contribution in [3.05, 3.63) is 17.7 Å². The van der Waals surface area contributed by atoms with Crippen LogP contribution in [0.1, 0.15) is 30.8 Å². The Balaban J connectivity index is 1.18. The normalized spacial score (nSPS) is 29.7. The number of ether oxygens (including phenoxy) is 1. The van der Waals surface area contributed by atoms with Gasteiger partial charge in [0.2, 0.25) is 11.8 Å². The summed E-state index contributed by atoms with van der Waals surface area (Å²) in [6.45, 7) is 4.24. The molecule has 7 nitrogen and oxygen atoms in total. The van der Waals surface area contributed by atoms with Gasteiger partial charge in [0.05, 0.1) is 31.6 Å². The largest absolute Gasteiger partial charge is 0.381 e. The van der Waals surface area contributed by atoms with Crippen molar-refractivity contribution in [2.24, 2.45) is 23.7 Å². The van der Waals surface area contributed by atoms with Crippen LogP contribution >= 0.6 is 0 Å². The van der Waals surface area contributed by atoms with E-state index in [1.54, 1.807) is 0 Å². The van der Waals surface area contributed by atoms with Crippen LogP contribution in [0.25, 0.3) is 0 Å². The SMILES string of the molecule is O=C(CC1CC1)NCc1cnc2n1CCN(C(=O)C1[C@H]3COC[C@@H]13)CC2. The molecule has 4 aliphatic rings. The van der Waals surface area contributed by atoms with Gasteiger partial charge in [0, 0.05) is 38.4 Å². The van der Waals surface area contributed by atoms with Crippen LogP contribution in [0.4, 0.5) is 0 Å². The molecule has 2 saturated carbocycles. The monoisotopic (exact) mass is 358 g/mol. The van der Waals surface area contributed by atoms with E-state index in [9.17, 15) is 9.59 Å². The second-order valence-corrected chi connectivity index (χ2v) is 8.21. The highest BCUT2D eigenvalue weighted by Gasteiger charge is 2.58. The highest BCUT2D eigenvalue weighted by molar-refractivity contribution is 5.82. The van der Waals surface area contributed by atoms with Crippen molar-refractivity contribution in [1.82, 2.24) is 19.8 Å². The van der Waals surface area contributed by atoms with Gasteiger partial charge in [-0.25, -0.2) is 4.98 Å². The summed E-state index contributed by atoms with van der Waals surface area (Å²) in [6.07, 6.45) is 5.67. The molecule has 3 heterocycles. The molecule has 1 saturated heterocycles. The van der Waals surface area contributed by atoms with Gasteiger partial charge in [-0.05, 0) is 30.6 Å². The first-order valence-electron chi connectivity index (χ1n) is 9.87. The molecular weight excluding hydrogens is 332 g/mol. The van der Waals surface area contributed by atoms with Crippen molar-refractivity contribution in [2.45, 2.75) is 38.8 Å². The molecule has 1 unspecified atom stereocenters. The number of rotatable bonds is 5. The van der Waals surface area contributed by atoms with Gasteiger partial charge in [-0.15, -0.1) is 0 Å². The summed E-state index contributed by atoms with van der Waals surface area (Å²) >= 11 is 0. The summed E-state index contributed by atoms with van der Waals surface area (Å²) in [4.78, 5) is 31.3. The van der Waals surface area contributed by atoms with E-state index >= 15 is 0 Å². The summed E-state index contributed by atoms with van der Waals surface area (Å²) in [5, 5.41) is 3.02. The van der Waals surface area contributed by atoms with Crippen LogP contribution in [0.2, 0.25) is 0 Å². The highest BCUT2D eigenvalue weighted by Crippen LogP contribution is 2.51. The molecular formula is C19H26N4O3. The molecule has 0 aromatic carbocycles. The average molecular weight is 358 g/mol. The molecule has 7 heteroatoms. The van der Waals surface area contributed by atoms with Crippen LogP contribution in [0.3, 0.4) is 0 Å². The first-order valence-corrected chi connectivity index (χ1v) is 9.87. The van der Waals surface area contributed by atoms with E-state index in [0.29, 0.717) is 36.6 Å². The number of aromatic nitrogens is 2. The number of carbonyl (C=O) groups excluding carboxylic acids is 2. The fourth-order valence-electron chi connectivity index (χ4n) is 4.52. The molecule has 5 rings (SSSR count). The van der Waals surface area contributed by atoms with Gasteiger partial charge in [0.25, 0.3) is 0 Å². The van der Waals surface area contributed by atoms with Crippen molar-refractivity contribution >= 4 is 11.8 Å². The lowest BCUT2D eigenvalue weighted by Gasteiger charge is -2.21. The van der Waals surface area contributed by atoms with Gasteiger partial charge in [0.1, 0.15) is 5.82 Å². The van der Waals surface area contributed by atoms with E-state index in [2.05, 4.69) is 14.9 Å². The number of amides is 2. The van der Waals surface area contributed by atoms with Crippen molar-refractivity contribution in [2.75, 3.05) is 26.3 Å². The van der Waals surface area contributed by atoms with E-state index < -0.39 is 0 Å². The first kappa shape index (κ1) is 16.3.